The summed E-state index contributed by atoms with van der Waals surface area (Å²) < 4.78 is 5.92. The Kier molecular flexibility index (Phi) is 3.42. The molecule has 1 spiro atoms. The second kappa shape index (κ2) is 5.17. The number of carbonyl (C=O) groups is 1. The van der Waals surface area contributed by atoms with Gasteiger partial charge in [0.25, 0.3) is 0 Å². The quantitative estimate of drug-likeness (QED) is 0.466. The number of benzene rings is 1. The molecule has 2 fully saturated rings. The SMILES string of the molecule is CC12CCC(OC(=O)c3ccccc3)C(C)(C)[C@@]13C=CC(C2)OO3. The first-order valence-corrected chi connectivity index (χ1v) is 8.68. The van der Waals surface area contributed by atoms with Crippen LogP contribution in [-0.4, -0.2) is 23.8 Å². The van der Waals surface area contributed by atoms with E-state index in [2.05, 4.69) is 32.9 Å². The van der Waals surface area contributed by atoms with Gasteiger partial charge in [-0.1, -0.05) is 45.0 Å². The standard InChI is InChI=1S/C20H24O4/c1-18(2)16(22-17(21)14-7-5-4-6-8-14)10-11-19(3)13-15-9-12-20(18,19)24-23-15/h4-9,12,15-16H,10-11,13H2,1-3H3/t15?,16?,19?,20-/m0/s1. The van der Waals surface area contributed by atoms with E-state index in [4.69, 9.17) is 14.5 Å². The Labute approximate surface area is 142 Å². The summed E-state index contributed by atoms with van der Waals surface area (Å²) in [4.78, 5) is 24.0. The number of ether oxygens (including phenoxy) is 1. The van der Waals surface area contributed by atoms with Crippen molar-refractivity contribution in [2.24, 2.45) is 10.8 Å². The molecule has 2 heterocycles. The van der Waals surface area contributed by atoms with Crippen molar-refractivity contribution in [1.82, 2.24) is 0 Å². The number of hydrogen-bond acceptors (Lipinski definition) is 4. The molecule has 3 unspecified atom stereocenters. The highest BCUT2D eigenvalue weighted by Crippen LogP contribution is 2.63. The van der Waals surface area contributed by atoms with E-state index in [9.17, 15) is 4.79 Å². The zero-order valence-corrected chi connectivity index (χ0v) is 14.5. The fraction of sp³-hybridized carbons (Fsp3) is 0.550. The molecule has 0 amide bonds. The van der Waals surface area contributed by atoms with Gasteiger partial charge in [-0.3, -0.25) is 0 Å². The molecule has 2 bridgehead atoms. The largest absolute Gasteiger partial charge is 0.458 e. The van der Waals surface area contributed by atoms with Gasteiger partial charge in [0, 0.05) is 10.8 Å². The maximum atomic E-state index is 12.5. The minimum absolute atomic E-state index is 0.00379. The van der Waals surface area contributed by atoms with E-state index >= 15 is 0 Å². The number of fused-ring (bicyclic) bond motifs is 1. The Morgan fingerprint density at radius 2 is 1.96 bits per heavy atom. The Bertz CT molecular complexity index is 680. The van der Waals surface area contributed by atoms with E-state index in [1.807, 2.05) is 18.2 Å². The van der Waals surface area contributed by atoms with Crippen molar-refractivity contribution in [3.8, 4) is 0 Å². The summed E-state index contributed by atoms with van der Waals surface area (Å²) in [6, 6.07) is 9.15. The molecule has 5 rings (SSSR count). The summed E-state index contributed by atoms with van der Waals surface area (Å²) in [5.41, 5.74) is -0.357. The van der Waals surface area contributed by atoms with Gasteiger partial charge in [-0.2, -0.15) is 0 Å². The number of esters is 1. The molecule has 2 aliphatic heterocycles. The van der Waals surface area contributed by atoms with Crippen LogP contribution in [0.15, 0.2) is 42.5 Å². The highest BCUT2D eigenvalue weighted by Gasteiger charge is 2.68. The van der Waals surface area contributed by atoms with Crippen molar-refractivity contribution in [2.75, 3.05) is 0 Å². The van der Waals surface area contributed by atoms with Gasteiger partial charge < -0.3 is 4.74 Å². The molecule has 1 aromatic rings. The smallest absolute Gasteiger partial charge is 0.338 e. The Hall–Kier alpha value is -1.65. The molecule has 0 N–H and O–H groups in total. The van der Waals surface area contributed by atoms with Crippen LogP contribution in [0.1, 0.15) is 50.4 Å². The molecule has 2 aliphatic carbocycles. The van der Waals surface area contributed by atoms with Crippen molar-refractivity contribution < 1.29 is 19.3 Å². The zero-order valence-electron chi connectivity index (χ0n) is 14.5. The first-order chi connectivity index (χ1) is 11.4. The van der Waals surface area contributed by atoms with Crippen LogP contribution in [0.25, 0.3) is 0 Å². The van der Waals surface area contributed by atoms with Gasteiger partial charge in [-0.05, 0) is 37.5 Å². The first kappa shape index (κ1) is 15.9. The van der Waals surface area contributed by atoms with Crippen LogP contribution in [0.2, 0.25) is 0 Å². The van der Waals surface area contributed by atoms with E-state index in [0.29, 0.717) is 5.56 Å². The van der Waals surface area contributed by atoms with Gasteiger partial charge in [0.05, 0.1) is 5.56 Å². The van der Waals surface area contributed by atoms with Crippen molar-refractivity contribution in [3.05, 3.63) is 48.0 Å². The van der Waals surface area contributed by atoms with Crippen LogP contribution < -0.4 is 0 Å². The molecule has 24 heavy (non-hydrogen) atoms. The third-order valence-corrected chi connectivity index (χ3v) is 6.38. The van der Waals surface area contributed by atoms with E-state index in [-0.39, 0.29) is 29.0 Å². The maximum Gasteiger partial charge on any atom is 0.338 e. The average Bonchev–Trinajstić information content (AvgIpc) is 2.59. The summed E-state index contributed by atoms with van der Waals surface area (Å²) in [7, 11) is 0. The van der Waals surface area contributed by atoms with Crippen LogP contribution in [0.4, 0.5) is 0 Å². The fourth-order valence-corrected chi connectivity index (χ4v) is 4.85. The van der Waals surface area contributed by atoms with Crippen molar-refractivity contribution in [1.29, 1.82) is 0 Å². The Balaban J connectivity index is 1.64. The zero-order chi connectivity index (χ0) is 17.0. The van der Waals surface area contributed by atoms with E-state index < -0.39 is 5.60 Å². The lowest BCUT2D eigenvalue weighted by atomic mass is 9.49. The highest BCUT2D eigenvalue weighted by molar-refractivity contribution is 5.89. The molecule has 4 heteroatoms. The first-order valence-electron chi connectivity index (χ1n) is 8.68. The number of carbonyl (C=O) groups excluding carboxylic acids is 1. The van der Waals surface area contributed by atoms with Gasteiger partial charge in [-0.25, -0.2) is 14.6 Å². The van der Waals surface area contributed by atoms with Gasteiger partial charge in [0.2, 0.25) is 0 Å². The minimum atomic E-state index is -0.561. The molecule has 128 valence electrons. The predicted octanol–water partition coefficient (Wildman–Crippen LogP) is 4.07. The molecule has 4 atom stereocenters. The molecule has 1 saturated heterocycles. The van der Waals surface area contributed by atoms with Crippen LogP contribution in [-0.2, 0) is 14.5 Å². The molecular weight excluding hydrogens is 304 g/mol. The van der Waals surface area contributed by atoms with Gasteiger partial charge in [0.15, 0.2) is 0 Å². The van der Waals surface area contributed by atoms with Crippen molar-refractivity contribution >= 4 is 5.97 Å². The van der Waals surface area contributed by atoms with Crippen LogP contribution in [0, 0.1) is 10.8 Å². The molecule has 4 aliphatic rings. The predicted molar refractivity (Wildman–Crippen MR) is 89.2 cm³/mol. The van der Waals surface area contributed by atoms with Crippen molar-refractivity contribution in [2.45, 2.75) is 57.8 Å². The van der Waals surface area contributed by atoms with Gasteiger partial charge in [-0.15, -0.1) is 0 Å². The van der Waals surface area contributed by atoms with Crippen LogP contribution in [0.5, 0.6) is 0 Å². The maximum absolute atomic E-state index is 12.5. The third kappa shape index (κ3) is 2.02. The molecule has 0 radical (unpaired) electrons. The second-order valence-electron chi connectivity index (χ2n) is 8.10. The minimum Gasteiger partial charge on any atom is -0.458 e. The monoisotopic (exact) mass is 328 g/mol. The van der Waals surface area contributed by atoms with Gasteiger partial charge in [0.1, 0.15) is 17.8 Å². The van der Waals surface area contributed by atoms with Crippen LogP contribution >= 0.6 is 0 Å². The number of hydrogen-bond donors (Lipinski definition) is 0. The van der Waals surface area contributed by atoms with Crippen LogP contribution in [0.3, 0.4) is 0 Å². The molecular formula is C20H24O4. The topological polar surface area (TPSA) is 44.8 Å². The molecule has 1 saturated carbocycles. The molecule has 4 nitrogen and oxygen atoms in total. The van der Waals surface area contributed by atoms with E-state index in [0.717, 1.165) is 19.3 Å². The summed E-state index contributed by atoms with van der Waals surface area (Å²) in [6.45, 7) is 6.50. The Morgan fingerprint density at radius 1 is 1.21 bits per heavy atom. The van der Waals surface area contributed by atoms with E-state index in [1.54, 1.807) is 12.1 Å². The van der Waals surface area contributed by atoms with Gasteiger partial charge >= 0.3 is 5.97 Å². The van der Waals surface area contributed by atoms with Crippen molar-refractivity contribution in [3.63, 3.8) is 0 Å². The third-order valence-electron chi connectivity index (χ3n) is 6.38. The fourth-order valence-electron chi connectivity index (χ4n) is 4.85. The second-order valence-corrected chi connectivity index (χ2v) is 8.10. The average molecular weight is 328 g/mol. The normalized spacial score (nSPS) is 39.3. The summed E-state index contributed by atoms with van der Waals surface area (Å²) in [5.74, 6) is -0.275. The lowest BCUT2D eigenvalue weighted by Gasteiger charge is -2.64. The lowest BCUT2D eigenvalue weighted by molar-refractivity contribution is -0.458. The molecule has 0 aromatic heterocycles. The number of rotatable bonds is 2. The summed E-state index contributed by atoms with van der Waals surface area (Å²) in [6.07, 6.45) is 6.80. The molecule has 1 aromatic carbocycles. The summed E-state index contributed by atoms with van der Waals surface area (Å²) in [5, 5.41) is 0. The summed E-state index contributed by atoms with van der Waals surface area (Å²) >= 11 is 0. The lowest BCUT2D eigenvalue weighted by Crippen LogP contribution is -2.69. The Morgan fingerprint density at radius 3 is 2.62 bits per heavy atom. The van der Waals surface area contributed by atoms with E-state index in [1.165, 1.54) is 0 Å². The highest BCUT2D eigenvalue weighted by atomic mass is 17.2.